The van der Waals surface area contributed by atoms with Crippen LogP contribution < -0.4 is 0 Å². The maximum absolute atomic E-state index is 10.9. The molecule has 0 N–H and O–H groups in total. The molecule has 0 aliphatic heterocycles. The van der Waals surface area contributed by atoms with E-state index < -0.39 is 10.2 Å². The summed E-state index contributed by atoms with van der Waals surface area (Å²) in [5.74, 6) is 2.53. The Morgan fingerprint density at radius 3 is 2.52 bits per heavy atom. The topological polar surface area (TPSA) is 105 Å². The van der Waals surface area contributed by atoms with Crippen LogP contribution >= 0.6 is 0 Å². The molecule has 0 aromatic carbocycles. The smallest absolute Gasteiger partial charge is 0.299 e. The minimum atomic E-state index is -0.680. The fourth-order valence-corrected chi connectivity index (χ4v) is 7.19. The van der Waals surface area contributed by atoms with E-state index in [2.05, 4.69) is 13.8 Å². The first kappa shape index (κ1) is 18.5. The second-order valence-corrected chi connectivity index (χ2v) is 9.46. The van der Waals surface area contributed by atoms with E-state index in [0.29, 0.717) is 29.4 Å². The van der Waals surface area contributed by atoms with E-state index in [1.165, 1.54) is 0 Å². The maximum Gasteiger partial charge on any atom is 0.299 e. The molecule has 2 unspecified atom stereocenters. The molecule has 0 saturated heterocycles. The standard InChI is InChI=1S/C19H28N2O6/c1-18-9-7-13(26-20(22)23)11-12(18)3-4-14-15-5-6-17(27-21(24)25)19(15,2)10-8-16(14)18/h6,12-16H,3-5,7-11H2,1-2H3/t12?,13?,14-,15-,16-,18-,19-/m0/s1. The Bertz CT molecular complexity index is 681. The highest BCUT2D eigenvalue weighted by Gasteiger charge is 2.59. The normalized spacial score (nSPS) is 45.7. The zero-order chi connectivity index (χ0) is 19.4. The predicted octanol–water partition coefficient (Wildman–Crippen LogP) is 4.31. The molecule has 7 atom stereocenters. The third kappa shape index (κ3) is 2.88. The Kier molecular flexibility index (Phi) is 4.35. The molecule has 0 aromatic heterocycles. The van der Waals surface area contributed by atoms with E-state index in [4.69, 9.17) is 9.68 Å². The van der Waals surface area contributed by atoms with Crippen LogP contribution in [-0.4, -0.2) is 16.3 Å². The fraction of sp³-hybridized carbons (Fsp3) is 0.895. The van der Waals surface area contributed by atoms with Crippen molar-refractivity contribution in [3.63, 3.8) is 0 Å². The van der Waals surface area contributed by atoms with Gasteiger partial charge in [0.2, 0.25) is 0 Å². The van der Waals surface area contributed by atoms with Crippen LogP contribution in [0.25, 0.3) is 0 Å². The van der Waals surface area contributed by atoms with E-state index >= 15 is 0 Å². The van der Waals surface area contributed by atoms with Crippen molar-refractivity contribution < 1.29 is 19.8 Å². The van der Waals surface area contributed by atoms with Crippen molar-refractivity contribution in [1.82, 2.24) is 0 Å². The van der Waals surface area contributed by atoms with Gasteiger partial charge < -0.3 is 4.84 Å². The van der Waals surface area contributed by atoms with Crippen LogP contribution in [0.3, 0.4) is 0 Å². The molecule has 8 heteroatoms. The lowest BCUT2D eigenvalue weighted by Crippen LogP contribution is -2.54. The molecule has 0 aromatic rings. The Morgan fingerprint density at radius 1 is 1.04 bits per heavy atom. The van der Waals surface area contributed by atoms with E-state index in [0.717, 1.165) is 51.4 Å². The lowest BCUT2D eigenvalue weighted by atomic mass is 9.45. The molecule has 4 aliphatic rings. The minimum absolute atomic E-state index is 0.188. The summed E-state index contributed by atoms with van der Waals surface area (Å²) in [6.07, 6.45) is 9.12. The molecule has 0 heterocycles. The molecular weight excluding hydrogens is 352 g/mol. The Hall–Kier alpha value is -1.86. The molecule has 4 rings (SSSR count). The first-order valence-corrected chi connectivity index (χ1v) is 10.1. The zero-order valence-corrected chi connectivity index (χ0v) is 16.0. The van der Waals surface area contributed by atoms with Crippen molar-refractivity contribution in [3.05, 3.63) is 32.1 Å². The molecule has 3 fully saturated rings. The summed E-state index contributed by atoms with van der Waals surface area (Å²) in [7, 11) is 0. The van der Waals surface area contributed by atoms with Gasteiger partial charge in [-0.15, -0.1) is 20.2 Å². The van der Waals surface area contributed by atoms with Gasteiger partial charge in [0.25, 0.3) is 10.2 Å². The molecular formula is C19H28N2O6. The van der Waals surface area contributed by atoms with Crippen LogP contribution in [0.5, 0.6) is 0 Å². The first-order valence-electron chi connectivity index (χ1n) is 10.1. The van der Waals surface area contributed by atoms with Crippen molar-refractivity contribution >= 4 is 0 Å². The van der Waals surface area contributed by atoms with Crippen LogP contribution in [0.15, 0.2) is 11.8 Å². The molecule has 0 bridgehead atoms. The average Bonchev–Trinajstić information content (AvgIpc) is 2.91. The summed E-state index contributed by atoms with van der Waals surface area (Å²) < 4.78 is 0. The number of allylic oxidation sites excluding steroid dienone is 2. The zero-order valence-electron chi connectivity index (χ0n) is 16.0. The van der Waals surface area contributed by atoms with Crippen LogP contribution in [0.1, 0.15) is 65.2 Å². The average molecular weight is 380 g/mol. The quantitative estimate of drug-likeness (QED) is 0.531. The van der Waals surface area contributed by atoms with Gasteiger partial charge in [0.15, 0.2) is 0 Å². The van der Waals surface area contributed by atoms with Crippen molar-refractivity contribution in [2.75, 3.05) is 0 Å². The number of hydrogen-bond acceptors (Lipinski definition) is 6. The summed E-state index contributed by atoms with van der Waals surface area (Å²) in [6.45, 7) is 4.50. The number of nitrogens with zero attached hydrogens (tertiary/aromatic N) is 2. The van der Waals surface area contributed by atoms with Crippen molar-refractivity contribution in [2.45, 2.75) is 71.3 Å². The minimum Gasteiger partial charge on any atom is -0.311 e. The summed E-state index contributed by atoms with van der Waals surface area (Å²) in [4.78, 5) is 31.4. The molecule has 27 heavy (non-hydrogen) atoms. The van der Waals surface area contributed by atoms with Crippen molar-refractivity contribution in [3.8, 4) is 0 Å². The second kappa shape index (κ2) is 6.34. The third-order valence-electron chi connectivity index (χ3n) is 8.54. The maximum atomic E-state index is 10.9. The number of hydrogen-bond donors (Lipinski definition) is 0. The van der Waals surface area contributed by atoms with Crippen LogP contribution in [0.2, 0.25) is 0 Å². The van der Waals surface area contributed by atoms with Gasteiger partial charge >= 0.3 is 0 Å². The molecule has 0 radical (unpaired) electrons. The predicted molar refractivity (Wildman–Crippen MR) is 95.1 cm³/mol. The molecule has 150 valence electrons. The highest BCUT2D eigenvalue weighted by molar-refractivity contribution is 5.21. The van der Waals surface area contributed by atoms with Gasteiger partial charge in [-0.25, -0.2) is 0 Å². The van der Waals surface area contributed by atoms with Gasteiger partial charge in [-0.3, -0.25) is 4.84 Å². The van der Waals surface area contributed by atoms with Crippen LogP contribution in [0.4, 0.5) is 0 Å². The number of rotatable bonds is 4. The van der Waals surface area contributed by atoms with Gasteiger partial charge in [0, 0.05) is 5.41 Å². The summed E-state index contributed by atoms with van der Waals surface area (Å²) in [5.41, 5.74) is -0.0449. The summed E-state index contributed by atoms with van der Waals surface area (Å²) in [5, 5.41) is 20.3. The van der Waals surface area contributed by atoms with E-state index in [1.807, 2.05) is 6.08 Å². The first-order chi connectivity index (χ1) is 12.7. The molecule has 3 saturated carbocycles. The van der Waals surface area contributed by atoms with E-state index in [9.17, 15) is 20.2 Å². The van der Waals surface area contributed by atoms with Gasteiger partial charge in [-0.05, 0) is 80.5 Å². The largest absolute Gasteiger partial charge is 0.311 e. The molecule has 0 amide bonds. The van der Waals surface area contributed by atoms with E-state index in [-0.39, 0.29) is 16.9 Å². The van der Waals surface area contributed by atoms with Gasteiger partial charge in [0.1, 0.15) is 11.9 Å². The van der Waals surface area contributed by atoms with Crippen LogP contribution in [-0.2, 0) is 9.68 Å². The molecule has 0 spiro atoms. The van der Waals surface area contributed by atoms with Gasteiger partial charge in [-0.2, -0.15) is 0 Å². The van der Waals surface area contributed by atoms with Crippen molar-refractivity contribution in [2.24, 2.45) is 34.5 Å². The summed E-state index contributed by atoms with van der Waals surface area (Å²) in [6, 6.07) is 0. The second-order valence-electron chi connectivity index (χ2n) is 9.46. The highest BCUT2D eigenvalue weighted by atomic mass is 17.0. The SMILES string of the molecule is C[C@]12CCC(O[N+](=O)[O-])CC1CC[C@@H]1[C@@H]2CC[C@]2(C)C(O[N+](=O)[O-])=CC[C@@H]12. The fourth-order valence-electron chi connectivity index (χ4n) is 7.19. The van der Waals surface area contributed by atoms with E-state index in [1.54, 1.807) is 0 Å². The highest BCUT2D eigenvalue weighted by Crippen LogP contribution is 2.66. The molecule has 8 nitrogen and oxygen atoms in total. The lowest BCUT2D eigenvalue weighted by molar-refractivity contribution is -0.770. The van der Waals surface area contributed by atoms with Gasteiger partial charge in [0.05, 0.1) is 0 Å². The summed E-state index contributed by atoms with van der Waals surface area (Å²) >= 11 is 0. The Labute approximate surface area is 158 Å². The third-order valence-corrected chi connectivity index (χ3v) is 8.54. The van der Waals surface area contributed by atoms with Crippen molar-refractivity contribution in [1.29, 1.82) is 0 Å². The Morgan fingerprint density at radius 2 is 1.81 bits per heavy atom. The molecule has 4 aliphatic carbocycles. The number of fused-ring (bicyclic) bond motifs is 5. The lowest BCUT2D eigenvalue weighted by Gasteiger charge is -2.60. The van der Waals surface area contributed by atoms with Gasteiger partial charge in [-0.1, -0.05) is 19.9 Å². The van der Waals surface area contributed by atoms with Crippen LogP contribution in [0, 0.1) is 54.7 Å². The monoisotopic (exact) mass is 380 g/mol. The Balaban J connectivity index is 1.51.